The molecule has 7 heteroatoms. The zero-order valence-corrected chi connectivity index (χ0v) is 17.0. The van der Waals surface area contributed by atoms with E-state index in [2.05, 4.69) is 15.8 Å². The maximum Gasteiger partial charge on any atom is 0.262 e. The lowest BCUT2D eigenvalue weighted by Crippen LogP contribution is -2.46. The lowest BCUT2D eigenvalue weighted by Gasteiger charge is -2.17. The average molecular weight is 417 g/mol. The Morgan fingerprint density at radius 2 is 1.68 bits per heavy atom. The Morgan fingerprint density at radius 3 is 2.32 bits per heavy atom. The molecule has 0 spiro atoms. The molecule has 0 aromatic heterocycles. The molecule has 0 heterocycles. The number of nitrogens with one attached hydrogen (secondary N) is 2. The van der Waals surface area contributed by atoms with Crippen molar-refractivity contribution >= 4 is 18.0 Å². The highest BCUT2D eigenvalue weighted by Crippen LogP contribution is 2.13. The van der Waals surface area contributed by atoms with Gasteiger partial charge in [0.05, 0.1) is 13.3 Å². The van der Waals surface area contributed by atoms with Gasteiger partial charge in [-0.15, -0.1) is 0 Å². The second-order valence-corrected chi connectivity index (χ2v) is 6.77. The van der Waals surface area contributed by atoms with Crippen LogP contribution in [0.2, 0.25) is 0 Å². The summed E-state index contributed by atoms with van der Waals surface area (Å²) in [5.41, 5.74) is 4.50. The maximum absolute atomic E-state index is 12.8. The van der Waals surface area contributed by atoms with Gasteiger partial charge in [0.25, 0.3) is 11.8 Å². The molecule has 31 heavy (non-hydrogen) atoms. The molecule has 0 radical (unpaired) electrons. The SMILES string of the molecule is COc1ccc(C(=O)N[C@@H](Cc2ccc(O)cc2)C(=O)N/N=C/c2ccccc2)cc1. The summed E-state index contributed by atoms with van der Waals surface area (Å²) >= 11 is 0. The van der Waals surface area contributed by atoms with Crippen LogP contribution in [0.3, 0.4) is 0 Å². The van der Waals surface area contributed by atoms with E-state index in [0.717, 1.165) is 11.1 Å². The van der Waals surface area contributed by atoms with Crippen molar-refractivity contribution in [1.82, 2.24) is 10.7 Å². The minimum Gasteiger partial charge on any atom is -0.508 e. The topological polar surface area (TPSA) is 100 Å². The molecule has 0 unspecified atom stereocenters. The fraction of sp³-hybridized carbons (Fsp3) is 0.125. The van der Waals surface area contributed by atoms with Crippen LogP contribution in [0.4, 0.5) is 0 Å². The number of nitrogens with zero attached hydrogens (tertiary/aromatic N) is 1. The lowest BCUT2D eigenvalue weighted by atomic mass is 10.0. The number of phenols is 1. The summed E-state index contributed by atoms with van der Waals surface area (Å²) < 4.78 is 5.11. The van der Waals surface area contributed by atoms with Gasteiger partial charge in [0.15, 0.2) is 0 Å². The number of hydrazone groups is 1. The molecule has 3 rings (SSSR count). The number of phenolic OH excluding ortho intramolecular Hbond substituents is 1. The van der Waals surface area contributed by atoms with Crippen LogP contribution in [0.15, 0.2) is 84.0 Å². The van der Waals surface area contributed by atoms with Crippen LogP contribution in [-0.2, 0) is 11.2 Å². The van der Waals surface area contributed by atoms with Crippen molar-refractivity contribution in [1.29, 1.82) is 0 Å². The standard InChI is InChI=1S/C24H23N3O4/c1-31-21-13-9-19(10-14-21)23(29)26-22(15-17-7-11-20(28)12-8-17)24(30)27-25-16-18-5-3-2-4-6-18/h2-14,16,22,28H,15H2,1H3,(H,26,29)(H,27,30)/b25-16+/t22-/m0/s1. The zero-order valence-electron chi connectivity index (χ0n) is 17.0. The Labute approximate surface area is 180 Å². The predicted molar refractivity (Wildman–Crippen MR) is 118 cm³/mol. The van der Waals surface area contributed by atoms with E-state index in [1.165, 1.54) is 18.3 Å². The number of carbonyl (C=O) groups excluding carboxylic acids is 2. The van der Waals surface area contributed by atoms with Crippen LogP contribution in [0, 0.1) is 0 Å². The normalized spacial score (nSPS) is 11.6. The van der Waals surface area contributed by atoms with Crippen molar-refractivity contribution in [3.8, 4) is 11.5 Å². The molecule has 0 aliphatic heterocycles. The van der Waals surface area contributed by atoms with E-state index in [9.17, 15) is 14.7 Å². The maximum atomic E-state index is 12.8. The summed E-state index contributed by atoms with van der Waals surface area (Å²) in [6.45, 7) is 0. The van der Waals surface area contributed by atoms with Gasteiger partial charge in [-0.1, -0.05) is 42.5 Å². The first-order chi connectivity index (χ1) is 15.0. The van der Waals surface area contributed by atoms with Crippen molar-refractivity contribution < 1.29 is 19.4 Å². The molecule has 0 bridgehead atoms. The average Bonchev–Trinajstić information content (AvgIpc) is 2.80. The molecular formula is C24H23N3O4. The van der Waals surface area contributed by atoms with Gasteiger partial charge in [0.2, 0.25) is 0 Å². The first kappa shape index (κ1) is 21.6. The van der Waals surface area contributed by atoms with E-state index in [-0.39, 0.29) is 12.2 Å². The smallest absolute Gasteiger partial charge is 0.262 e. The van der Waals surface area contributed by atoms with Gasteiger partial charge in [-0.3, -0.25) is 9.59 Å². The van der Waals surface area contributed by atoms with Gasteiger partial charge < -0.3 is 15.2 Å². The molecule has 0 saturated heterocycles. The molecule has 0 aliphatic carbocycles. The molecule has 0 saturated carbocycles. The number of hydrogen-bond acceptors (Lipinski definition) is 5. The highest BCUT2D eigenvalue weighted by molar-refractivity contribution is 5.97. The molecule has 3 aromatic rings. The van der Waals surface area contributed by atoms with Crippen molar-refractivity contribution in [3.05, 3.63) is 95.6 Å². The van der Waals surface area contributed by atoms with Crippen LogP contribution in [-0.4, -0.2) is 36.3 Å². The molecule has 0 fully saturated rings. The summed E-state index contributed by atoms with van der Waals surface area (Å²) in [5.74, 6) is -0.0968. The molecule has 7 nitrogen and oxygen atoms in total. The highest BCUT2D eigenvalue weighted by atomic mass is 16.5. The summed E-state index contributed by atoms with van der Waals surface area (Å²) in [4.78, 5) is 25.5. The van der Waals surface area contributed by atoms with Crippen LogP contribution >= 0.6 is 0 Å². The number of benzene rings is 3. The van der Waals surface area contributed by atoms with Crippen molar-refractivity contribution in [3.63, 3.8) is 0 Å². The Hall–Kier alpha value is -4.13. The fourth-order valence-electron chi connectivity index (χ4n) is 2.85. The Kier molecular flexibility index (Phi) is 7.37. The van der Waals surface area contributed by atoms with Gasteiger partial charge in [-0.25, -0.2) is 5.43 Å². The minimum atomic E-state index is -0.868. The first-order valence-corrected chi connectivity index (χ1v) is 9.66. The molecule has 1 atom stereocenters. The van der Waals surface area contributed by atoms with E-state index < -0.39 is 17.9 Å². The number of amides is 2. The second kappa shape index (κ2) is 10.6. The van der Waals surface area contributed by atoms with Gasteiger partial charge in [0.1, 0.15) is 17.5 Å². The number of aromatic hydroxyl groups is 1. The van der Waals surface area contributed by atoms with Gasteiger partial charge >= 0.3 is 0 Å². The van der Waals surface area contributed by atoms with Crippen LogP contribution < -0.4 is 15.5 Å². The Balaban J connectivity index is 1.72. The number of ether oxygens (including phenoxy) is 1. The monoisotopic (exact) mass is 417 g/mol. The van der Waals surface area contributed by atoms with Crippen molar-refractivity contribution in [2.75, 3.05) is 7.11 Å². The van der Waals surface area contributed by atoms with Crippen molar-refractivity contribution in [2.24, 2.45) is 5.10 Å². The third-order valence-corrected chi connectivity index (χ3v) is 4.54. The molecule has 3 aromatic carbocycles. The third kappa shape index (κ3) is 6.43. The molecule has 3 N–H and O–H groups in total. The van der Waals surface area contributed by atoms with E-state index in [1.807, 2.05) is 30.3 Å². The Bertz CT molecular complexity index is 1030. The zero-order chi connectivity index (χ0) is 22.1. The number of rotatable bonds is 8. The summed E-state index contributed by atoms with van der Waals surface area (Å²) in [6, 6.07) is 21.5. The third-order valence-electron chi connectivity index (χ3n) is 4.54. The highest BCUT2D eigenvalue weighted by Gasteiger charge is 2.22. The molecular weight excluding hydrogens is 394 g/mol. The second-order valence-electron chi connectivity index (χ2n) is 6.77. The lowest BCUT2D eigenvalue weighted by molar-refractivity contribution is -0.122. The quantitative estimate of drug-likeness (QED) is 0.388. The van der Waals surface area contributed by atoms with Gasteiger partial charge in [-0.05, 0) is 47.5 Å². The largest absolute Gasteiger partial charge is 0.508 e. The summed E-state index contributed by atoms with van der Waals surface area (Å²) in [5, 5.41) is 16.2. The van der Waals surface area contributed by atoms with Crippen molar-refractivity contribution in [2.45, 2.75) is 12.5 Å². The predicted octanol–water partition coefficient (Wildman–Crippen LogP) is 2.89. The van der Waals surface area contributed by atoms with Gasteiger partial charge in [-0.2, -0.15) is 5.10 Å². The van der Waals surface area contributed by atoms with E-state index in [1.54, 1.807) is 43.5 Å². The van der Waals surface area contributed by atoms with E-state index in [4.69, 9.17) is 4.74 Å². The summed E-state index contributed by atoms with van der Waals surface area (Å²) in [6.07, 6.45) is 1.76. The van der Waals surface area contributed by atoms with Crippen LogP contribution in [0.25, 0.3) is 0 Å². The first-order valence-electron chi connectivity index (χ1n) is 9.66. The van der Waals surface area contributed by atoms with Gasteiger partial charge in [0, 0.05) is 12.0 Å². The molecule has 2 amide bonds. The van der Waals surface area contributed by atoms with E-state index in [0.29, 0.717) is 11.3 Å². The molecule has 0 aliphatic rings. The van der Waals surface area contributed by atoms with Crippen LogP contribution in [0.1, 0.15) is 21.5 Å². The van der Waals surface area contributed by atoms with Crippen LogP contribution in [0.5, 0.6) is 11.5 Å². The number of carbonyl (C=O) groups is 2. The number of methoxy groups -OCH3 is 1. The minimum absolute atomic E-state index is 0.125. The van der Waals surface area contributed by atoms with E-state index >= 15 is 0 Å². The summed E-state index contributed by atoms with van der Waals surface area (Å²) in [7, 11) is 1.54. The fourth-order valence-corrected chi connectivity index (χ4v) is 2.85. The Morgan fingerprint density at radius 1 is 1.00 bits per heavy atom. The molecule has 158 valence electrons. The number of hydrogen-bond donors (Lipinski definition) is 3.